The predicted molar refractivity (Wildman–Crippen MR) is 92.5 cm³/mol. The molecule has 0 spiro atoms. The van der Waals surface area contributed by atoms with Gasteiger partial charge in [-0.1, -0.05) is 11.6 Å². The molecule has 0 atom stereocenters. The predicted octanol–water partition coefficient (Wildman–Crippen LogP) is 3.65. The van der Waals surface area contributed by atoms with E-state index in [1.54, 1.807) is 25.1 Å². The minimum atomic E-state index is -0.632. The Morgan fingerprint density at radius 2 is 2.08 bits per heavy atom. The third-order valence-electron chi connectivity index (χ3n) is 3.61. The smallest absolute Gasteiger partial charge is 0.342 e. The summed E-state index contributed by atoms with van der Waals surface area (Å²) in [6.45, 7) is 3.21. The van der Waals surface area contributed by atoms with E-state index in [0.29, 0.717) is 16.5 Å². The van der Waals surface area contributed by atoms with Crippen LogP contribution in [0.5, 0.6) is 0 Å². The molecule has 0 bridgehead atoms. The van der Waals surface area contributed by atoms with Crippen molar-refractivity contribution >= 4 is 29.2 Å². The van der Waals surface area contributed by atoms with Gasteiger partial charge in [0.1, 0.15) is 11.3 Å². The molecule has 0 saturated heterocycles. The zero-order chi connectivity index (χ0) is 18.4. The fourth-order valence-corrected chi connectivity index (χ4v) is 2.35. The summed E-state index contributed by atoms with van der Waals surface area (Å²) in [5.41, 5.74) is 1.68. The highest BCUT2D eigenvalue weighted by atomic mass is 35.5. The first-order chi connectivity index (χ1) is 11.9. The summed E-state index contributed by atoms with van der Waals surface area (Å²) in [5.74, 6) is -0.634. The average molecular weight is 361 g/mol. The number of benzene rings is 1. The van der Waals surface area contributed by atoms with E-state index in [4.69, 9.17) is 26.0 Å². The number of carbonyl (C=O) groups is 2. The number of amides is 1. The molecular weight excluding hydrogens is 344 g/mol. The first kappa shape index (κ1) is 18.6. The SMILES string of the molecule is Cc1cc(N(CCC#N)C(=O)COC(=O)c2ccoc2C)ccc1Cl. The molecule has 0 aliphatic rings. The number of aryl methyl sites for hydroxylation is 2. The van der Waals surface area contributed by atoms with Gasteiger partial charge in [0.2, 0.25) is 0 Å². The van der Waals surface area contributed by atoms with E-state index in [0.717, 1.165) is 5.56 Å². The fraction of sp³-hybridized carbons (Fsp3) is 0.278. The summed E-state index contributed by atoms with van der Waals surface area (Å²) in [5, 5.41) is 9.39. The molecule has 1 aromatic heterocycles. The molecule has 0 unspecified atom stereocenters. The van der Waals surface area contributed by atoms with Crippen molar-refractivity contribution in [3.8, 4) is 6.07 Å². The molecule has 7 heteroatoms. The molecule has 2 rings (SSSR count). The van der Waals surface area contributed by atoms with Crippen LogP contribution in [-0.2, 0) is 9.53 Å². The molecule has 25 heavy (non-hydrogen) atoms. The largest absolute Gasteiger partial charge is 0.469 e. The molecule has 0 saturated carbocycles. The van der Waals surface area contributed by atoms with E-state index in [1.807, 2.05) is 13.0 Å². The number of rotatable bonds is 6. The summed E-state index contributed by atoms with van der Waals surface area (Å²) >= 11 is 6.01. The van der Waals surface area contributed by atoms with E-state index in [9.17, 15) is 9.59 Å². The van der Waals surface area contributed by atoms with E-state index < -0.39 is 18.5 Å². The highest BCUT2D eigenvalue weighted by molar-refractivity contribution is 6.31. The lowest BCUT2D eigenvalue weighted by Gasteiger charge is -2.22. The second-order valence-electron chi connectivity index (χ2n) is 5.35. The van der Waals surface area contributed by atoms with Gasteiger partial charge in [0.25, 0.3) is 5.91 Å². The summed E-state index contributed by atoms with van der Waals surface area (Å²) in [7, 11) is 0. The van der Waals surface area contributed by atoms with Crippen LogP contribution in [0.4, 0.5) is 5.69 Å². The number of esters is 1. The van der Waals surface area contributed by atoms with Crippen LogP contribution in [0.1, 0.15) is 28.1 Å². The van der Waals surface area contributed by atoms with Gasteiger partial charge in [-0.2, -0.15) is 5.26 Å². The lowest BCUT2D eigenvalue weighted by Crippen LogP contribution is -2.35. The number of hydrogen-bond acceptors (Lipinski definition) is 5. The lowest BCUT2D eigenvalue weighted by atomic mass is 10.2. The number of furan rings is 1. The van der Waals surface area contributed by atoms with Crippen LogP contribution < -0.4 is 4.90 Å². The van der Waals surface area contributed by atoms with Gasteiger partial charge in [-0.25, -0.2) is 4.79 Å². The van der Waals surface area contributed by atoms with E-state index in [1.165, 1.54) is 17.2 Å². The molecule has 1 amide bonds. The molecule has 130 valence electrons. The van der Waals surface area contributed by atoms with Crippen molar-refractivity contribution in [2.24, 2.45) is 0 Å². The number of hydrogen-bond donors (Lipinski definition) is 0. The Balaban J connectivity index is 2.10. The van der Waals surface area contributed by atoms with E-state index in [2.05, 4.69) is 0 Å². The van der Waals surface area contributed by atoms with Crippen molar-refractivity contribution in [2.45, 2.75) is 20.3 Å². The van der Waals surface area contributed by atoms with E-state index >= 15 is 0 Å². The first-order valence-corrected chi connectivity index (χ1v) is 7.96. The van der Waals surface area contributed by atoms with Crippen molar-refractivity contribution in [1.29, 1.82) is 5.26 Å². The Hall–Kier alpha value is -2.78. The summed E-state index contributed by atoms with van der Waals surface area (Å²) < 4.78 is 10.1. The Kier molecular flexibility index (Phi) is 6.20. The highest BCUT2D eigenvalue weighted by Crippen LogP contribution is 2.23. The maximum atomic E-state index is 12.5. The van der Waals surface area contributed by atoms with Crippen LogP contribution in [0.25, 0.3) is 0 Å². The standard InChI is InChI=1S/C18H17ClN2O4/c1-12-10-14(4-5-16(12)19)21(8-3-7-20)17(22)11-25-18(23)15-6-9-24-13(15)2/h4-6,9-10H,3,8,11H2,1-2H3. The zero-order valence-corrected chi connectivity index (χ0v) is 14.7. The summed E-state index contributed by atoms with van der Waals surface area (Å²) in [6.07, 6.45) is 1.53. The highest BCUT2D eigenvalue weighted by Gasteiger charge is 2.20. The molecule has 0 radical (unpaired) electrons. The maximum absolute atomic E-state index is 12.5. The quantitative estimate of drug-likeness (QED) is 0.734. The summed E-state index contributed by atoms with van der Waals surface area (Å²) in [4.78, 5) is 25.9. The van der Waals surface area contributed by atoms with Gasteiger partial charge in [-0.3, -0.25) is 4.79 Å². The van der Waals surface area contributed by atoms with Crippen LogP contribution in [-0.4, -0.2) is 25.0 Å². The maximum Gasteiger partial charge on any atom is 0.342 e. The number of halogens is 1. The molecule has 0 N–H and O–H groups in total. The van der Waals surface area contributed by atoms with Gasteiger partial charge in [0.05, 0.1) is 18.8 Å². The average Bonchev–Trinajstić information content (AvgIpc) is 3.02. The van der Waals surface area contributed by atoms with Crippen molar-refractivity contribution in [3.63, 3.8) is 0 Å². The van der Waals surface area contributed by atoms with Crippen molar-refractivity contribution in [1.82, 2.24) is 0 Å². The Morgan fingerprint density at radius 3 is 2.68 bits per heavy atom. The van der Waals surface area contributed by atoms with Crippen molar-refractivity contribution in [3.05, 3.63) is 52.4 Å². The van der Waals surface area contributed by atoms with Gasteiger partial charge >= 0.3 is 5.97 Å². The number of ether oxygens (including phenoxy) is 1. The Bertz CT molecular complexity index is 823. The molecule has 0 aliphatic heterocycles. The Morgan fingerprint density at radius 1 is 1.32 bits per heavy atom. The first-order valence-electron chi connectivity index (χ1n) is 7.58. The number of anilines is 1. The third-order valence-corrected chi connectivity index (χ3v) is 4.03. The van der Waals surface area contributed by atoms with Crippen LogP contribution in [0, 0.1) is 25.2 Å². The molecule has 2 aromatic rings. The summed E-state index contributed by atoms with van der Waals surface area (Å²) in [6, 6.07) is 8.60. The zero-order valence-electron chi connectivity index (χ0n) is 13.9. The molecule has 0 aliphatic carbocycles. The number of nitrogens with zero attached hydrogens (tertiary/aromatic N) is 2. The van der Waals surface area contributed by atoms with Gasteiger partial charge in [-0.15, -0.1) is 0 Å². The van der Waals surface area contributed by atoms with Gasteiger partial charge in [-0.05, 0) is 43.7 Å². The van der Waals surface area contributed by atoms with Gasteiger partial charge in [0.15, 0.2) is 6.61 Å². The van der Waals surface area contributed by atoms with Crippen molar-refractivity contribution in [2.75, 3.05) is 18.1 Å². The van der Waals surface area contributed by atoms with Gasteiger partial charge in [0, 0.05) is 17.3 Å². The van der Waals surface area contributed by atoms with Crippen LogP contribution in [0.3, 0.4) is 0 Å². The minimum Gasteiger partial charge on any atom is -0.469 e. The minimum absolute atomic E-state index is 0.155. The fourth-order valence-electron chi connectivity index (χ4n) is 2.24. The van der Waals surface area contributed by atoms with Gasteiger partial charge < -0.3 is 14.1 Å². The monoisotopic (exact) mass is 360 g/mol. The number of carbonyl (C=O) groups excluding carboxylic acids is 2. The topological polar surface area (TPSA) is 83.5 Å². The van der Waals surface area contributed by atoms with Crippen LogP contribution in [0.15, 0.2) is 34.9 Å². The number of nitriles is 1. The lowest BCUT2D eigenvalue weighted by molar-refractivity contribution is -0.121. The normalized spacial score (nSPS) is 10.2. The molecule has 6 nitrogen and oxygen atoms in total. The molecular formula is C18H17ClN2O4. The van der Waals surface area contributed by atoms with E-state index in [-0.39, 0.29) is 18.5 Å². The second kappa shape index (κ2) is 8.36. The van der Waals surface area contributed by atoms with Crippen LogP contribution in [0.2, 0.25) is 5.02 Å². The molecule has 0 fully saturated rings. The Labute approximate surface area is 150 Å². The molecule has 1 heterocycles. The van der Waals surface area contributed by atoms with Crippen molar-refractivity contribution < 1.29 is 18.7 Å². The second-order valence-corrected chi connectivity index (χ2v) is 5.76. The molecule has 1 aromatic carbocycles. The third kappa shape index (κ3) is 4.61. The van der Waals surface area contributed by atoms with Crippen LogP contribution >= 0.6 is 11.6 Å².